The van der Waals surface area contributed by atoms with Gasteiger partial charge in [-0.25, -0.2) is 0 Å². The molecule has 0 saturated heterocycles. The molecule has 0 unspecified atom stereocenters. The molecule has 0 N–H and O–H groups in total. The van der Waals surface area contributed by atoms with Gasteiger partial charge in [0.2, 0.25) is 0 Å². The van der Waals surface area contributed by atoms with Crippen molar-refractivity contribution in [2.45, 2.75) is 32.8 Å². The van der Waals surface area contributed by atoms with Gasteiger partial charge < -0.3 is 9.47 Å². The van der Waals surface area contributed by atoms with Crippen molar-refractivity contribution in [1.82, 2.24) is 0 Å². The van der Waals surface area contributed by atoms with Crippen LogP contribution in [0, 0.1) is 0 Å². The highest BCUT2D eigenvalue weighted by Crippen LogP contribution is 2.13. The Labute approximate surface area is 71.8 Å². The normalized spacial score (nSPS) is 10.6. The first kappa shape index (κ1) is 10.9. The summed E-state index contributed by atoms with van der Waals surface area (Å²) in [6, 6.07) is 0. The zero-order valence-electron chi connectivity index (χ0n) is 7.62. The van der Waals surface area contributed by atoms with Crippen molar-refractivity contribution in [3.8, 4) is 0 Å². The summed E-state index contributed by atoms with van der Waals surface area (Å²) in [5, 5.41) is 0. The number of esters is 1. The minimum Gasteiger partial charge on any atom is -0.466 e. The Kier molecular flexibility index (Phi) is 4.33. The lowest BCUT2D eigenvalue weighted by atomic mass is 10.1. The molecule has 4 nitrogen and oxygen atoms in total. The molecule has 0 aromatic carbocycles. The molecule has 0 atom stereocenters. The van der Waals surface area contributed by atoms with E-state index in [0.29, 0.717) is 13.1 Å². The molecule has 4 heteroatoms. The second-order valence-corrected chi connectivity index (χ2v) is 2.96. The summed E-state index contributed by atoms with van der Waals surface area (Å²) in [6.07, 6.45) is 0.0829. The van der Waals surface area contributed by atoms with E-state index >= 15 is 0 Å². The van der Waals surface area contributed by atoms with Crippen LogP contribution in [0.15, 0.2) is 0 Å². The second-order valence-electron chi connectivity index (χ2n) is 2.96. The fourth-order valence-corrected chi connectivity index (χ4v) is 0.732. The largest absolute Gasteiger partial charge is 0.466 e. The molecule has 0 amide bonds. The van der Waals surface area contributed by atoms with Crippen LogP contribution in [0.5, 0.6) is 0 Å². The van der Waals surface area contributed by atoms with Crippen molar-refractivity contribution in [1.29, 1.82) is 0 Å². The standard InChI is InChI=1S/C8H14O4/c1-4-11-7(10)5-8(2,3)12-6-9/h6H,4-5H2,1-3H3. The van der Waals surface area contributed by atoms with E-state index in [2.05, 4.69) is 9.47 Å². The Bertz CT molecular complexity index is 162. The minimum absolute atomic E-state index is 0.0829. The van der Waals surface area contributed by atoms with Crippen molar-refractivity contribution in [3.05, 3.63) is 0 Å². The Morgan fingerprint density at radius 2 is 2.08 bits per heavy atom. The lowest BCUT2D eigenvalue weighted by Crippen LogP contribution is -2.28. The molecule has 0 aliphatic rings. The Hall–Kier alpha value is -1.06. The van der Waals surface area contributed by atoms with E-state index in [-0.39, 0.29) is 12.4 Å². The predicted octanol–water partition coefficient (Wildman–Crippen LogP) is 0.891. The van der Waals surface area contributed by atoms with Gasteiger partial charge in [0.15, 0.2) is 0 Å². The fourth-order valence-electron chi connectivity index (χ4n) is 0.732. The summed E-state index contributed by atoms with van der Waals surface area (Å²) >= 11 is 0. The van der Waals surface area contributed by atoms with Gasteiger partial charge in [-0.2, -0.15) is 0 Å². The quantitative estimate of drug-likeness (QED) is 0.459. The molecular formula is C8H14O4. The van der Waals surface area contributed by atoms with E-state index in [4.69, 9.17) is 0 Å². The van der Waals surface area contributed by atoms with Crippen LogP contribution in [-0.4, -0.2) is 24.6 Å². The fraction of sp³-hybridized carbons (Fsp3) is 0.750. The van der Waals surface area contributed by atoms with E-state index in [1.54, 1.807) is 20.8 Å². The van der Waals surface area contributed by atoms with Crippen molar-refractivity contribution in [2.24, 2.45) is 0 Å². The third-order valence-corrected chi connectivity index (χ3v) is 1.24. The van der Waals surface area contributed by atoms with Crippen LogP contribution in [0.25, 0.3) is 0 Å². The smallest absolute Gasteiger partial charge is 0.309 e. The Morgan fingerprint density at radius 1 is 1.50 bits per heavy atom. The van der Waals surface area contributed by atoms with Gasteiger partial charge in [0, 0.05) is 0 Å². The highest BCUT2D eigenvalue weighted by atomic mass is 16.6. The average molecular weight is 174 g/mol. The van der Waals surface area contributed by atoms with Crippen molar-refractivity contribution in [2.75, 3.05) is 6.61 Å². The first-order valence-corrected chi connectivity index (χ1v) is 3.79. The lowest BCUT2D eigenvalue weighted by molar-refractivity contribution is -0.153. The molecule has 0 aliphatic carbocycles. The minimum atomic E-state index is -0.770. The van der Waals surface area contributed by atoms with Gasteiger partial charge in [-0.1, -0.05) is 0 Å². The van der Waals surface area contributed by atoms with Gasteiger partial charge in [-0.05, 0) is 20.8 Å². The van der Waals surface area contributed by atoms with E-state index in [1.807, 2.05) is 0 Å². The maximum Gasteiger partial charge on any atom is 0.309 e. The summed E-state index contributed by atoms with van der Waals surface area (Å²) in [7, 11) is 0. The zero-order chi connectivity index (χ0) is 9.61. The number of carbonyl (C=O) groups excluding carboxylic acids is 2. The van der Waals surface area contributed by atoms with E-state index in [1.165, 1.54) is 0 Å². The van der Waals surface area contributed by atoms with Crippen LogP contribution in [-0.2, 0) is 19.1 Å². The van der Waals surface area contributed by atoms with Gasteiger partial charge >= 0.3 is 5.97 Å². The lowest BCUT2D eigenvalue weighted by Gasteiger charge is -2.20. The van der Waals surface area contributed by atoms with Crippen LogP contribution in [0.1, 0.15) is 27.2 Å². The molecule has 0 heterocycles. The van der Waals surface area contributed by atoms with Crippen LogP contribution in [0.4, 0.5) is 0 Å². The highest BCUT2D eigenvalue weighted by molar-refractivity contribution is 5.70. The first-order valence-electron chi connectivity index (χ1n) is 3.79. The maximum atomic E-state index is 10.9. The molecular weight excluding hydrogens is 160 g/mol. The van der Waals surface area contributed by atoms with Crippen LogP contribution in [0.2, 0.25) is 0 Å². The van der Waals surface area contributed by atoms with Crippen LogP contribution in [0.3, 0.4) is 0 Å². The number of rotatable bonds is 5. The second kappa shape index (κ2) is 4.74. The average Bonchev–Trinajstić information content (AvgIpc) is 1.85. The maximum absolute atomic E-state index is 10.9. The summed E-state index contributed by atoms with van der Waals surface area (Å²) in [6.45, 7) is 5.71. The van der Waals surface area contributed by atoms with Crippen molar-refractivity contribution < 1.29 is 19.1 Å². The first-order chi connectivity index (χ1) is 5.52. The molecule has 0 spiro atoms. The molecule has 0 fully saturated rings. The molecule has 70 valence electrons. The Balaban J connectivity index is 3.87. The van der Waals surface area contributed by atoms with Gasteiger partial charge in [-0.15, -0.1) is 0 Å². The summed E-state index contributed by atoms with van der Waals surface area (Å²) in [5.41, 5.74) is -0.770. The summed E-state index contributed by atoms with van der Waals surface area (Å²) in [5.74, 6) is -0.357. The topological polar surface area (TPSA) is 52.6 Å². The van der Waals surface area contributed by atoms with E-state index < -0.39 is 5.60 Å². The molecule has 0 rings (SSSR count). The molecule has 0 radical (unpaired) electrons. The number of hydrogen-bond donors (Lipinski definition) is 0. The molecule has 12 heavy (non-hydrogen) atoms. The van der Waals surface area contributed by atoms with E-state index in [0.717, 1.165) is 0 Å². The number of carbonyl (C=O) groups is 2. The predicted molar refractivity (Wildman–Crippen MR) is 42.5 cm³/mol. The van der Waals surface area contributed by atoms with Crippen molar-refractivity contribution in [3.63, 3.8) is 0 Å². The molecule has 0 aromatic rings. The molecule has 0 bridgehead atoms. The monoisotopic (exact) mass is 174 g/mol. The summed E-state index contributed by atoms with van der Waals surface area (Å²) in [4.78, 5) is 20.9. The summed E-state index contributed by atoms with van der Waals surface area (Å²) < 4.78 is 9.35. The highest BCUT2D eigenvalue weighted by Gasteiger charge is 2.23. The van der Waals surface area contributed by atoms with E-state index in [9.17, 15) is 9.59 Å². The zero-order valence-corrected chi connectivity index (χ0v) is 7.62. The third kappa shape index (κ3) is 4.71. The van der Waals surface area contributed by atoms with Gasteiger partial charge in [0.05, 0.1) is 13.0 Å². The number of hydrogen-bond acceptors (Lipinski definition) is 4. The molecule has 0 saturated carbocycles. The molecule has 0 aromatic heterocycles. The van der Waals surface area contributed by atoms with Crippen molar-refractivity contribution >= 4 is 12.4 Å². The van der Waals surface area contributed by atoms with Gasteiger partial charge in [0.25, 0.3) is 6.47 Å². The number of ether oxygens (including phenoxy) is 2. The van der Waals surface area contributed by atoms with Gasteiger partial charge in [0.1, 0.15) is 5.60 Å². The van der Waals surface area contributed by atoms with Gasteiger partial charge in [-0.3, -0.25) is 9.59 Å². The third-order valence-electron chi connectivity index (χ3n) is 1.24. The Morgan fingerprint density at radius 3 is 2.50 bits per heavy atom. The van der Waals surface area contributed by atoms with Crippen LogP contribution < -0.4 is 0 Å². The molecule has 0 aliphatic heterocycles. The van der Waals surface area contributed by atoms with Crippen LogP contribution >= 0.6 is 0 Å². The SMILES string of the molecule is CCOC(=O)CC(C)(C)OC=O.